The summed E-state index contributed by atoms with van der Waals surface area (Å²) in [7, 11) is 0. The number of carbonyl (C=O) groups is 1. The van der Waals surface area contributed by atoms with Gasteiger partial charge in [-0.05, 0) is 30.9 Å². The standard InChI is InChI=1S/C25H23N5O3/c1-16-10-21(33-15-25(24(31)32)8-5-9-25)26-13-19(16)18-11-27-22(28-12-18)23-29-14-20(30-23)17-6-3-2-4-7-17/h2-4,6-7,10-14H,5,8-9,15H2,1H3,(H,29,30)(H,31,32). The van der Waals surface area contributed by atoms with Gasteiger partial charge in [0.05, 0.1) is 11.9 Å². The lowest BCUT2D eigenvalue weighted by atomic mass is 9.69. The van der Waals surface area contributed by atoms with Crippen LogP contribution in [0.25, 0.3) is 34.0 Å². The molecule has 5 rings (SSSR count). The molecule has 0 aliphatic heterocycles. The largest absolute Gasteiger partial charge is 0.481 e. The summed E-state index contributed by atoms with van der Waals surface area (Å²) in [6.45, 7) is 2.09. The van der Waals surface area contributed by atoms with Crippen molar-refractivity contribution >= 4 is 5.97 Å². The van der Waals surface area contributed by atoms with Crippen molar-refractivity contribution in [1.82, 2.24) is 24.9 Å². The second-order valence-corrected chi connectivity index (χ2v) is 8.37. The number of H-pyrrole nitrogens is 1. The molecule has 166 valence electrons. The maximum absolute atomic E-state index is 11.5. The van der Waals surface area contributed by atoms with Crippen molar-refractivity contribution in [3.8, 4) is 39.9 Å². The Kier molecular flexibility index (Phi) is 5.34. The summed E-state index contributed by atoms with van der Waals surface area (Å²) >= 11 is 0. The van der Waals surface area contributed by atoms with Crippen LogP contribution in [0.15, 0.2) is 61.2 Å². The number of aromatic nitrogens is 5. The molecule has 2 N–H and O–H groups in total. The van der Waals surface area contributed by atoms with Crippen molar-refractivity contribution < 1.29 is 14.6 Å². The van der Waals surface area contributed by atoms with E-state index >= 15 is 0 Å². The Morgan fingerprint density at radius 2 is 1.79 bits per heavy atom. The summed E-state index contributed by atoms with van der Waals surface area (Å²) in [4.78, 5) is 32.5. The Morgan fingerprint density at radius 3 is 2.42 bits per heavy atom. The molecule has 33 heavy (non-hydrogen) atoms. The molecule has 3 aromatic heterocycles. The highest BCUT2D eigenvalue weighted by molar-refractivity contribution is 5.76. The minimum atomic E-state index is -0.799. The van der Waals surface area contributed by atoms with Crippen LogP contribution >= 0.6 is 0 Å². The number of ether oxygens (including phenoxy) is 1. The summed E-state index contributed by atoms with van der Waals surface area (Å²) in [5, 5.41) is 9.45. The Balaban J connectivity index is 1.30. The van der Waals surface area contributed by atoms with Crippen LogP contribution in [-0.2, 0) is 4.79 Å². The van der Waals surface area contributed by atoms with E-state index in [-0.39, 0.29) is 6.61 Å². The van der Waals surface area contributed by atoms with Gasteiger partial charge >= 0.3 is 5.97 Å². The lowest BCUT2D eigenvalue weighted by molar-refractivity contribution is -0.157. The van der Waals surface area contributed by atoms with E-state index in [4.69, 9.17) is 4.74 Å². The van der Waals surface area contributed by atoms with Crippen molar-refractivity contribution in [2.24, 2.45) is 5.41 Å². The number of benzene rings is 1. The maximum atomic E-state index is 11.5. The van der Waals surface area contributed by atoms with Crippen LogP contribution in [0, 0.1) is 12.3 Å². The second-order valence-electron chi connectivity index (χ2n) is 8.37. The molecule has 0 amide bonds. The van der Waals surface area contributed by atoms with Crippen molar-refractivity contribution in [3.05, 3.63) is 66.7 Å². The first-order chi connectivity index (χ1) is 16.0. The molecule has 0 unspecified atom stereocenters. The minimum Gasteiger partial charge on any atom is -0.481 e. The van der Waals surface area contributed by atoms with Crippen LogP contribution < -0.4 is 4.74 Å². The first-order valence-electron chi connectivity index (χ1n) is 10.8. The third-order valence-corrected chi connectivity index (χ3v) is 6.18. The first kappa shape index (κ1) is 20.8. The summed E-state index contributed by atoms with van der Waals surface area (Å²) in [5.74, 6) is 0.727. The van der Waals surface area contributed by atoms with E-state index in [1.807, 2.05) is 43.3 Å². The first-order valence-corrected chi connectivity index (χ1v) is 10.8. The molecule has 0 saturated heterocycles. The number of aliphatic carboxylic acids is 1. The molecule has 1 aromatic carbocycles. The Bertz CT molecular complexity index is 1280. The molecule has 1 fully saturated rings. The van der Waals surface area contributed by atoms with Gasteiger partial charge in [-0.15, -0.1) is 0 Å². The number of hydrogen-bond acceptors (Lipinski definition) is 6. The van der Waals surface area contributed by atoms with Crippen molar-refractivity contribution in [1.29, 1.82) is 0 Å². The van der Waals surface area contributed by atoms with Gasteiger partial charge in [0.25, 0.3) is 0 Å². The number of carboxylic acids is 1. The highest BCUT2D eigenvalue weighted by atomic mass is 16.5. The quantitative estimate of drug-likeness (QED) is 0.433. The van der Waals surface area contributed by atoms with Crippen LogP contribution in [0.1, 0.15) is 24.8 Å². The molecule has 4 aromatic rings. The Hall–Kier alpha value is -4.07. The lowest BCUT2D eigenvalue weighted by Crippen LogP contribution is -2.43. The molecule has 1 aliphatic rings. The average molecular weight is 441 g/mol. The molecule has 1 aliphatic carbocycles. The van der Waals surface area contributed by atoms with E-state index in [9.17, 15) is 9.90 Å². The van der Waals surface area contributed by atoms with E-state index in [0.717, 1.165) is 34.4 Å². The van der Waals surface area contributed by atoms with Gasteiger partial charge < -0.3 is 14.8 Å². The Labute approximate surface area is 190 Å². The fourth-order valence-corrected chi connectivity index (χ4v) is 3.94. The summed E-state index contributed by atoms with van der Waals surface area (Å²) in [6, 6.07) is 11.8. The molecule has 0 radical (unpaired) electrons. The second kappa shape index (κ2) is 8.46. The van der Waals surface area contributed by atoms with Crippen LogP contribution in [0.5, 0.6) is 5.88 Å². The average Bonchev–Trinajstić information content (AvgIpc) is 3.29. The van der Waals surface area contributed by atoms with Gasteiger partial charge in [0.2, 0.25) is 5.88 Å². The van der Waals surface area contributed by atoms with Gasteiger partial charge in [-0.25, -0.2) is 19.9 Å². The number of aromatic amines is 1. The summed E-state index contributed by atoms with van der Waals surface area (Å²) in [5.41, 5.74) is 3.83. The molecule has 0 atom stereocenters. The van der Waals surface area contributed by atoms with E-state index in [1.165, 1.54) is 0 Å². The topological polar surface area (TPSA) is 114 Å². The molecular weight excluding hydrogens is 418 g/mol. The van der Waals surface area contributed by atoms with Gasteiger partial charge in [-0.2, -0.15) is 0 Å². The number of hydrogen-bond donors (Lipinski definition) is 2. The number of rotatable bonds is 7. The predicted molar refractivity (Wildman–Crippen MR) is 122 cm³/mol. The van der Waals surface area contributed by atoms with Crippen LogP contribution in [0.4, 0.5) is 0 Å². The molecule has 8 heteroatoms. The van der Waals surface area contributed by atoms with Gasteiger partial charge in [0, 0.05) is 35.8 Å². The predicted octanol–water partition coefficient (Wildman–Crippen LogP) is 4.54. The third-order valence-electron chi connectivity index (χ3n) is 6.18. The van der Waals surface area contributed by atoms with Gasteiger partial charge in [0.1, 0.15) is 12.0 Å². The lowest BCUT2D eigenvalue weighted by Gasteiger charge is -2.36. The zero-order valence-corrected chi connectivity index (χ0v) is 18.2. The van der Waals surface area contributed by atoms with E-state index < -0.39 is 11.4 Å². The summed E-state index contributed by atoms with van der Waals surface area (Å²) < 4.78 is 5.73. The molecule has 0 spiro atoms. The normalized spacial score (nSPS) is 14.5. The zero-order chi connectivity index (χ0) is 22.8. The van der Waals surface area contributed by atoms with Crippen molar-refractivity contribution in [2.45, 2.75) is 26.2 Å². The summed E-state index contributed by atoms with van der Waals surface area (Å²) in [6.07, 6.45) is 9.17. The van der Waals surface area contributed by atoms with E-state index in [1.54, 1.807) is 24.8 Å². The van der Waals surface area contributed by atoms with Gasteiger partial charge in [0.15, 0.2) is 11.6 Å². The van der Waals surface area contributed by atoms with E-state index in [0.29, 0.717) is 30.4 Å². The number of imidazole rings is 1. The maximum Gasteiger partial charge on any atom is 0.313 e. The monoisotopic (exact) mass is 441 g/mol. The number of carboxylic acid groups (broad SMARTS) is 1. The number of pyridine rings is 1. The number of nitrogens with one attached hydrogen (secondary N) is 1. The number of aryl methyl sites for hydroxylation is 1. The fourth-order valence-electron chi connectivity index (χ4n) is 3.94. The fraction of sp³-hybridized carbons (Fsp3) is 0.240. The Morgan fingerprint density at radius 1 is 1.03 bits per heavy atom. The SMILES string of the molecule is Cc1cc(OCC2(C(=O)O)CCC2)ncc1-c1cnc(-c2ncc(-c3ccccc3)[nH]2)nc1. The van der Waals surface area contributed by atoms with Gasteiger partial charge in [-0.3, -0.25) is 4.79 Å². The van der Waals surface area contributed by atoms with Crippen molar-refractivity contribution in [2.75, 3.05) is 6.61 Å². The van der Waals surface area contributed by atoms with Crippen LogP contribution in [0.2, 0.25) is 0 Å². The van der Waals surface area contributed by atoms with E-state index in [2.05, 4.69) is 24.9 Å². The van der Waals surface area contributed by atoms with Crippen LogP contribution in [0.3, 0.4) is 0 Å². The third kappa shape index (κ3) is 4.07. The smallest absolute Gasteiger partial charge is 0.313 e. The molecule has 1 saturated carbocycles. The van der Waals surface area contributed by atoms with Gasteiger partial charge in [-0.1, -0.05) is 36.8 Å². The highest BCUT2D eigenvalue weighted by Crippen LogP contribution is 2.41. The molecular formula is C25H23N5O3. The van der Waals surface area contributed by atoms with Crippen LogP contribution in [-0.4, -0.2) is 42.6 Å². The zero-order valence-electron chi connectivity index (χ0n) is 18.2. The molecule has 0 bridgehead atoms. The molecule has 3 heterocycles. The number of nitrogens with zero attached hydrogens (tertiary/aromatic N) is 4. The highest BCUT2D eigenvalue weighted by Gasteiger charge is 2.45. The minimum absolute atomic E-state index is 0.139. The van der Waals surface area contributed by atoms with Crippen molar-refractivity contribution in [3.63, 3.8) is 0 Å². The molecule has 8 nitrogen and oxygen atoms in total.